The van der Waals surface area contributed by atoms with Crippen LogP contribution in [0.25, 0.3) is 0 Å². The second kappa shape index (κ2) is 19.8. The van der Waals surface area contributed by atoms with Crippen molar-refractivity contribution in [3.8, 4) is 0 Å². The first-order chi connectivity index (χ1) is 6.90. The molecule has 0 amide bonds. The van der Waals surface area contributed by atoms with Gasteiger partial charge in [-0.3, -0.25) is 0 Å². The summed E-state index contributed by atoms with van der Waals surface area (Å²) in [6, 6.07) is 0. The molecule has 103 valence electrons. The molecule has 0 fully saturated rings. The molecular formula is C12H26Cl2P2V. The smallest absolute Gasteiger partial charge is 1.00 e. The van der Waals surface area contributed by atoms with Gasteiger partial charge in [0.15, 0.2) is 0 Å². The Balaban J connectivity index is -0.0000000755. The molecule has 0 spiro atoms. The van der Waals surface area contributed by atoms with Crippen LogP contribution in [0.4, 0.5) is 0 Å². The van der Waals surface area contributed by atoms with E-state index in [2.05, 4.69) is 63.9 Å². The molecule has 17 heavy (non-hydrogen) atoms. The molecule has 0 radical (unpaired) electrons. The topological polar surface area (TPSA) is 0 Å². The van der Waals surface area contributed by atoms with Gasteiger partial charge < -0.3 is 24.8 Å². The van der Waals surface area contributed by atoms with Crippen molar-refractivity contribution in [2.24, 2.45) is 0 Å². The predicted molar refractivity (Wildman–Crippen MR) is 77.1 cm³/mol. The maximum absolute atomic E-state index is 2.29. The molecule has 0 aromatic heterocycles. The largest absolute Gasteiger partial charge is 1.00 e. The van der Waals surface area contributed by atoms with Crippen molar-refractivity contribution in [2.75, 3.05) is 40.0 Å². The van der Waals surface area contributed by atoms with Gasteiger partial charge in [0.1, 0.15) is 0 Å². The second-order valence-corrected chi connectivity index (χ2v) is 11.2. The van der Waals surface area contributed by atoms with Gasteiger partial charge in [-0.1, -0.05) is 0 Å². The van der Waals surface area contributed by atoms with Crippen molar-refractivity contribution in [2.45, 2.75) is 12.1 Å². The monoisotopic (exact) mass is 353 g/mol. The van der Waals surface area contributed by atoms with Gasteiger partial charge >= 0.3 is 50.9 Å². The second-order valence-electron chi connectivity index (χ2n) is 4.20. The van der Waals surface area contributed by atoms with Gasteiger partial charge in [0.25, 0.3) is 0 Å². The summed E-state index contributed by atoms with van der Waals surface area (Å²) in [5, 5.41) is 0. The molecular weight excluding hydrogens is 328 g/mol. The molecule has 0 aliphatic heterocycles. The molecule has 0 N–H and O–H groups in total. The van der Waals surface area contributed by atoms with E-state index in [4.69, 9.17) is 0 Å². The van der Waals surface area contributed by atoms with E-state index in [-0.39, 0.29) is 24.8 Å². The zero-order valence-corrected chi connectivity index (χ0v) is 16.7. The summed E-state index contributed by atoms with van der Waals surface area (Å²) in [7, 11) is 0.759. The molecule has 0 aromatic carbocycles. The fraction of sp³-hybridized carbons (Fsp3) is 0.667. The Labute approximate surface area is 131 Å². The SMILES string of the molecule is CP(C)C.CP(C)C.[CH3][V+2][C]1=CC=CC1.[Cl-].[Cl-]. The van der Waals surface area contributed by atoms with E-state index in [1.807, 2.05) is 0 Å². The van der Waals surface area contributed by atoms with Crippen LogP contribution in [0.15, 0.2) is 22.5 Å². The van der Waals surface area contributed by atoms with Crippen molar-refractivity contribution in [1.82, 2.24) is 0 Å². The van der Waals surface area contributed by atoms with Crippen molar-refractivity contribution in [3.63, 3.8) is 0 Å². The van der Waals surface area contributed by atoms with Gasteiger partial charge in [0.05, 0.1) is 0 Å². The molecule has 0 nitrogen and oxygen atoms in total. The third-order valence-electron chi connectivity index (χ3n) is 1.04. The van der Waals surface area contributed by atoms with Crippen LogP contribution in [0.3, 0.4) is 0 Å². The molecule has 0 aromatic rings. The van der Waals surface area contributed by atoms with Crippen LogP contribution in [-0.2, 0) is 16.3 Å². The molecule has 0 heterocycles. The first kappa shape index (κ1) is 27.0. The number of halogens is 2. The normalized spacial score (nSPS) is 11.0. The van der Waals surface area contributed by atoms with Crippen LogP contribution in [0, 0.1) is 0 Å². The Morgan fingerprint density at radius 3 is 1.41 bits per heavy atom. The summed E-state index contributed by atoms with van der Waals surface area (Å²) in [5.41, 5.74) is 2.29. The summed E-state index contributed by atoms with van der Waals surface area (Å²) in [5.74, 6) is 0. The van der Waals surface area contributed by atoms with Crippen LogP contribution in [0.1, 0.15) is 6.42 Å². The average Bonchev–Trinajstić information content (AvgIpc) is 2.52. The minimum absolute atomic E-state index is 0. The van der Waals surface area contributed by atoms with Gasteiger partial charge in [0.2, 0.25) is 0 Å². The predicted octanol–water partition coefficient (Wildman–Crippen LogP) is -1.32. The minimum atomic E-state index is 0. The minimum Gasteiger partial charge on any atom is -1.00 e. The Bertz CT molecular complexity index is 181. The Morgan fingerprint density at radius 1 is 0.941 bits per heavy atom. The molecule has 0 saturated carbocycles. The third kappa shape index (κ3) is 38.1. The van der Waals surface area contributed by atoms with Crippen molar-refractivity contribution in [1.29, 1.82) is 0 Å². The van der Waals surface area contributed by atoms with Crippen LogP contribution in [0.2, 0.25) is 5.64 Å². The van der Waals surface area contributed by atoms with E-state index in [0.29, 0.717) is 32.1 Å². The van der Waals surface area contributed by atoms with E-state index < -0.39 is 0 Å². The molecule has 0 saturated heterocycles. The quantitative estimate of drug-likeness (QED) is 0.513. The van der Waals surface area contributed by atoms with Crippen molar-refractivity contribution < 1.29 is 41.1 Å². The van der Waals surface area contributed by atoms with Crippen LogP contribution in [-0.4, -0.2) is 40.0 Å². The molecule has 0 unspecified atom stereocenters. The molecule has 0 bridgehead atoms. The first-order valence-corrected chi connectivity index (χ1v) is 12.5. The van der Waals surface area contributed by atoms with E-state index in [1.54, 1.807) is 4.28 Å². The van der Waals surface area contributed by atoms with E-state index in [9.17, 15) is 0 Å². The fourth-order valence-corrected chi connectivity index (χ4v) is 1.42. The van der Waals surface area contributed by atoms with E-state index in [1.165, 1.54) is 6.42 Å². The molecule has 5 heteroatoms. The van der Waals surface area contributed by atoms with Crippen LogP contribution < -0.4 is 24.8 Å². The Kier molecular flexibility index (Phi) is 31.4. The molecule has 1 aliphatic rings. The number of hydrogen-bond acceptors (Lipinski definition) is 0. The van der Waals surface area contributed by atoms with Crippen LogP contribution >= 0.6 is 15.8 Å². The third-order valence-corrected chi connectivity index (χ3v) is 2.45. The fourth-order valence-electron chi connectivity index (χ4n) is 0.602. The van der Waals surface area contributed by atoms with E-state index in [0.717, 1.165) is 0 Å². The maximum Gasteiger partial charge on any atom is -1.00 e. The van der Waals surface area contributed by atoms with Gasteiger partial charge in [-0.2, -0.15) is 0 Å². The van der Waals surface area contributed by atoms with Gasteiger partial charge in [0, 0.05) is 0 Å². The summed E-state index contributed by atoms with van der Waals surface area (Å²) in [6.07, 6.45) is 7.83. The van der Waals surface area contributed by atoms with E-state index >= 15 is 0 Å². The molecule has 0 atom stereocenters. The van der Waals surface area contributed by atoms with Crippen molar-refractivity contribution in [3.05, 3.63) is 22.5 Å². The van der Waals surface area contributed by atoms with Crippen molar-refractivity contribution >= 4 is 15.8 Å². The summed E-state index contributed by atoms with van der Waals surface area (Å²) in [6.45, 7) is 13.4. The van der Waals surface area contributed by atoms with Gasteiger partial charge in [-0.25, -0.2) is 0 Å². The number of hydrogen-bond donors (Lipinski definition) is 0. The maximum atomic E-state index is 2.29. The zero-order valence-electron chi connectivity index (χ0n) is 12.0. The summed E-state index contributed by atoms with van der Waals surface area (Å²) < 4.78 is 1.65. The van der Waals surface area contributed by atoms with Crippen LogP contribution in [0.5, 0.6) is 0 Å². The average molecular weight is 354 g/mol. The number of allylic oxidation sites excluding steroid dienone is 4. The zero-order chi connectivity index (χ0) is 12.3. The Hall–Kier alpha value is 1.50. The summed E-state index contributed by atoms with van der Waals surface area (Å²) >= 11 is 0.523. The molecule has 1 aliphatic carbocycles. The van der Waals surface area contributed by atoms with Gasteiger partial charge in [-0.15, -0.1) is 15.8 Å². The number of rotatable bonds is 1. The summed E-state index contributed by atoms with van der Waals surface area (Å²) in [4.78, 5) is 0. The first-order valence-electron chi connectivity index (χ1n) is 5.07. The van der Waals surface area contributed by atoms with Gasteiger partial charge in [-0.05, 0) is 40.0 Å². The Morgan fingerprint density at radius 2 is 1.29 bits per heavy atom. The standard InChI is InChI=1S/C5H5.2C3H9P.CH3.2ClH.V/c1-2-4-5-3-1;2*1-4(2)3;;;;/h1-3H,4H2;2*1-3H3;1H3;2*1H;/q;;;;;;+2/p-2. The molecule has 1 rings (SSSR count).